The van der Waals surface area contributed by atoms with E-state index in [1.165, 1.54) is 12.1 Å². The van der Waals surface area contributed by atoms with Gasteiger partial charge in [-0.3, -0.25) is 4.99 Å². The molecule has 5 nitrogen and oxygen atoms in total. The van der Waals surface area contributed by atoms with Gasteiger partial charge in [0.2, 0.25) is 0 Å². The largest absolute Gasteiger partial charge is 0.573 e. The molecule has 1 heterocycles. The Morgan fingerprint density at radius 2 is 1.93 bits per heavy atom. The second-order valence-corrected chi connectivity index (χ2v) is 7.21. The Morgan fingerprint density at radius 1 is 1.26 bits per heavy atom. The number of ether oxygens (including phenoxy) is 2. The molecule has 154 valence electrons. The summed E-state index contributed by atoms with van der Waals surface area (Å²) in [5.74, 6) is 0.319. The standard InChI is InChI=1S/C17H24F3N3O2S.HI/c1-21-15(23-12-16(26-2)7-9-24-10-8-16)22-11-13-5-3-4-6-14(13)25-17(18,19)20;/h3-6H,7-12H2,1-2H3,(H2,21,22,23);1H. The third kappa shape index (κ3) is 7.94. The predicted octanol–water partition coefficient (Wildman–Crippen LogP) is 3.78. The second-order valence-electron chi connectivity index (χ2n) is 5.93. The van der Waals surface area contributed by atoms with Crippen molar-refractivity contribution in [3.63, 3.8) is 0 Å². The van der Waals surface area contributed by atoms with Crippen LogP contribution in [0.2, 0.25) is 0 Å². The minimum atomic E-state index is -4.72. The van der Waals surface area contributed by atoms with Crippen molar-refractivity contribution in [1.82, 2.24) is 10.6 Å². The number of aliphatic imine (C=N–C) groups is 1. The minimum Gasteiger partial charge on any atom is -0.405 e. The fourth-order valence-electron chi connectivity index (χ4n) is 2.71. The van der Waals surface area contributed by atoms with Gasteiger partial charge in [0, 0.05) is 43.7 Å². The van der Waals surface area contributed by atoms with Crippen molar-refractivity contribution in [2.75, 3.05) is 33.1 Å². The quantitative estimate of drug-likeness (QED) is 0.341. The van der Waals surface area contributed by atoms with Crippen molar-refractivity contribution in [1.29, 1.82) is 0 Å². The van der Waals surface area contributed by atoms with Crippen molar-refractivity contribution in [3.8, 4) is 5.75 Å². The molecule has 2 N–H and O–H groups in total. The molecule has 27 heavy (non-hydrogen) atoms. The number of hydrogen-bond acceptors (Lipinski definition) is 4. The highest BCUT2D eigenvalue weighted by Crippen LogP contribution is 2.33. The lowest BCUT2D eigenvalue weighted by atomic mass is 9.99. The van der Waals surface area contributed by atoms with E-state index >= 15 is 0 Å². The summed E-state index contributed by atoms with van der Waals surface area (Å²) in [5.41, 5.74) is 0.401. The summed E-state index contributed by atoms with van der Waals surface area (Å²) in [6.07, 6.45) is -0.751. The fourth-order valence-corrected chi connectivity index (χ4v) is 3.51. The van der Waals surface area contributed by atoms with Gasteiger partial charge in [0.05, 0.1) is 0 Å². The number of alkyl halides is 3. The zero-order valence-electron chi connectivity index (χ0n) is 15.3. The summed E-state index contributed by atoms with van der Waals surface area (Å²) in [6.45, 7) is 2.34. The zero-order valence-corrected chi connectivity index (χ0v) is 18.4. The molecule has 10 heteroatoms. The van der Waals surface area contributed by atoms with Crippen LogP contribution in [0.1, 0.15) is 18.4 Å². The molecule has 1 aromatic carbocycles. The van der Waals surface area contributed by atoms with Crippen LogP contribution in [-0.4, -0.2) is 50.1 Å². The maximum Gasteiger partial charge on any atom is 0.573 e. The van der Waals surface area contributed by atoms with Crippen LogP contribution in [0.15, 0.2) is 29.3 Å². The SMILES string of the molecule is CN=C(NCc1ccccc1OC(F)(F)F)NCC1(SC)CCOCC1.I. The number of nitrogens with one attached hydrogen (secondary N) is 2. The molecule has 0 atom stereocenters. The van der Waals surface area contributed by atoms with Crippen LogP contribution in [-0.2, 0) is 11.3 Å². The van der Waals surface area contributed by atoms with Crippen LogP contribution < -0.4 is 15.4 Å². The summed E-state index contributed by atoms with van der Waals surface area (Å²) >= 11 is 1.80. The van der Waals surface area contributed by atoms with Crippen LogP contribution in [0.3, 0.4) is 0 Å². The number of guanidine groups is 1. The van der Waals surface area contributed by atoms with Gasteiger partial charge in [0.15, 0.2) is 5.96 Å². The molecule has 0 amide bonds. The number of nitrogens with zero attached hydrogens (tertiary/aromatic N) is 1. The Labute approximate surface area is 178 Å². The molecule has 0 aliphatic carbocycles. The van der Waals surface area contributed by atoms with Gasteiger partial charge in [-0.2, -0.15) is 11.8 Å². The van der Waals surface area contributed by atoms with E-state index in [1.54, 1.807) is 30.9 Å². The smallest absolute Gasteiger partial charge is 0.405 e. The molecule has 0 spiro atoms. The molecule has 0 aromatic heterocycles. The zero-order chi connectivity index (χ0) is 19.0. The Bertz CT molecular complexity index is 611. The van der Waals surface area contributed by atoms with Crippen molar-refractivity contribution < 1.29 is 22.6 Å². The molecule has 0 saturated carbocycles. The van der Waals surface area contributed by atoms with E-state index in [2.05, 4.69) is 26.6 Å². The van der Waals surface area contributed by atoms with E-state index < -0.39 is 6.36 Å². The number of thioether (sulfide) groups is 1. The van der Waals surface area contributed by atoms with Crippen LogP contribution in [0, 0.1) is 0 Å². The first-order valence-corrected chi connectivity index (χ1v) is 9.51. The van der Waals surface area contributed by atoms with Crippen LogP contribution >= 0.6 is 35.7 Å². The highest BCUT2D eigenvalue weighted by molar-refractivity contribution is 14.0. The molecule has 1 saturated heterocycles. The van der Waals surface area contributed by atoms with Gasteiger partial charge in [0.1, 0.15) is 5.75 Å². The summed E-state index contributed by atoms with van der Waals surface area (Å²) in [4.78, 5) is 4.15. The van der Waals surface area contributed by atoms with Gasteiger partial charge in [0.25, 0.3) is 0 Å². The van der Waals surface area contributed by atoms with E-state index in [4.69, 9.17) is 4.74 Å². The van der Waals surface area contributed by atoms with E-state index in [0.717, 1.165) is 26.1 Å². The van der Waals surface area contributed by atoms with Gasteiger partial charge in [-0.05, 0) is 25.2 Å². The summed E-state index contributed by atoms with van der Waals surface area (Å²) in [7, 11) is 1.63. The maximum atomic E-state index is 12.5. The van der Waals surface area contributed by atoms with E-state index in [-0.39, 0.29) is 41.0 Å². The Hall–Kier alpha value is -0.880. The van der Waals surface area contributed by atoms with Crippen molar-refractivity contribution >= 4 is 41.7 Å². The van der Waals surface area contributed by atoms with Crippen molar-refractivity contribution in [2.45, 2.75) is 30.5 Å². The number of benzene rings is 1. The Balaban J connectivity index is 0.00000364. The minimum absolute atomic E-state index is 0. The highest BCUT2D eigenvalue weighted by Gasteiger charge is 2.33. The summed E-state index contributed by atoms with van der Waals surface area (Å²) < 4.78 is 47.1. The lowest BCUT2D eigenvalue weighted by Crippen LogP contribution is -2.47. The first kappa shape index (κ1) is 24.2. The lowest BCUT2D eigenvalue weighted by molar-refractivity contribution is -0.274. The van der Waals surface area contributed by atoms with Crippen molar-refractivity contribution in [2.24, 2.45) is 4.99 Å². The first-order valence-electron chi connectivity index (χ1n) is 8.28. The summed E-state index contributed by atoms with van der Waals surface area (Å²) in [5, 5.41) is 6.31. The second kappa shape index (κ2) is 11.2. The molecule has 0 unspecified atom stereocenters. The van der Waals surface area contributed by atoms with Gasteiger partial charge >= 0.3 is 6.36 Å². The monoisotopic (exact) mass is 519 g/mol. The number of rotatable bonds is 6. The van der Waals surface area contributed by atoms with E-state index in [1.807, 2.05) is 0 Å². The maximum absolute atomic E-state index is 12.5. The van der Waals surface area contributed by atoms with Gasteiger partial charge < -0.3 is 20.1 Å². The molecule has 2 rings (SSSR count). The van der Waals surface area contributed by atoms with Gasteiger partial charge in [-0.1, -0.05) is 18.2 Å². The van der Waals surface area contributed by atoms with Crippen LogP contribution in [0.5, 0.6) is 5.75 Å². The molecule has 1 aliphatic rings. The van der Waals surface area contributed by atoms with Gasteiger partial charge in [-0.15, -0.1) is 37.1 Å². The molecular weight excluding hydrogens is 494 g/mol. The molecular formula is C17H25F3IN3O2S. The van der Waals surface area contributed by atoms with Crippen LogP contribution in [0.25, 0.3) is 0 Å². The Morgan fingerprint density at radius 3 is 2.52 bits per heavy atom. The van der Waals surface area contributed by atoms with Gasteiger partial charge in [-0.25, -0.2) is 0 Å². The molecule has 1 fully saturated rings. The highest BCUT2D eigenvalue weighted by atomic mass is 127. The van der Waals surface area contributed by atoms with Crippen molar-refractivity contribution in [3.05, 3.63) is 29.8 Å². The summed E-state index contributed by atoms with van der Waals surface area (Å²) in [6, 6.07) is 6.06. The first-order chi connectivity index (χ1) is 12.4. The average molecular weight is 519 g/mol. The molecule has 1 aliphatic heterocycles. The number of halogens is 4. The Kier molecular flexibility index (Phi) is 10.0. The molecule has 0 bridgehead atoms. The third-order valence-corrected chi connectivity index (χ3v) is 5.70. The number of para-hydroxylation sites is 1. The number of hydrogen-bond donors (Lipinski definition) is 2. The topological polar surface area (TPSA) is 54.9 Å². The normalized spacial score (nSPS) is 17.0. The van der Waals surface area contributed by atoms with E-state index in [9.17, 15) is 13.2 Å². The van der Waals surface area contributed by atoms with E-state index in [0.29, 0.717) is 18.1 Å². The fraction of sp³-hybridized carbons (Fsp3) is 0.588. The lowest BCUT2D eigenvalue weighted by Gasteiger charge is -2.36. The average Bonchev–Trinajstić information content (AvgIpc) is 2.62. The predicted molar refractivity (Wildman–Crippen MR) is 113 cm³/mol. The molecule has 0 radical (unpaired) electrons. The van der Waals surface area contributed by atoms with Crippen LogP contribution in [0.4, 0.5) is 13.2 Å². The molecule has 1 aromatic rings. The third-order valence-electron chi connectivity index (χ3n) is 4.28.